The molecule has 0 unspecified atom stereocenters. The van der Waals surface area contributed by atoms with Gasteiger partial charge in [-0.2, -0.15) is 0 Å². The summed E-state index contributed by atoms with van der Waals surface area (Å²) in [6, 6.07) is 23.2. The monoisotopic (exact) mass is 576 g/mol. The summed E-state index contributed by atoms with van der Waals surface area (Å²) in [5.41, 5.74) is 4.70. The van der Waals surface area contributed by atoms with Gasteiger partial charge in [0.15, 0.2) is 9.84 Å². The molecule has 8 heteroatoms. The van der Waals surface area contributed by atoms with Crippen molar-refractivity contribution in [1.82, 2.24) is 9.97 Å². The quantitative estimate of drug-likeness (QED) is 0.222. The van der Waals surface area contributed by atoms with Crippen molar-refractivity contribution in [2.75, 3.05) is 6.26 Å². The molecule has 0 atom stereocenters. The number of aliphatic hydroxyl groups is 1. The molecule has 0 spiro atoms. The number of aromatic nitrogens is 2. The fourth-order valence-corrected chi connectivity index (χ4v) is 6.15. The lowest BCUT2D eigenvalue weighted by molar-refractivity contribution is 0.0783. The smallest absolute Gasteiger partial charge is 0.156 e. The second kappa shape index (κ2) is 9.82. The van der Waals surface area contributed by atoms with E-state index in [1.807, 2.05) is 72.8 Å². The highest BCUT2D eigenvalue weighted by atomic mass is 35.5. The standard InChI is InChI=1S/C31H29ClN2O3S2/c1-30(2,35)29-34-27(28(38-29)19-11-13-24(32)14-12-19)21-9-6-8-20(16-21)25-18-23(31(3,4)39(5,36)37)17-22-10-7-15-33-26(22)25/h6-18,35H,1-5H3. The van der Waals surface area contributed by atoms with Gasteiger partial charge in [0.25, 0.3) is 0 Å². The predicted molar refractivity (Wildman–Crippen MR) is 162 cm³/mol. The molecular weight excluding hydrogens is 548 g/mol. The number of hydrogen-bond acceptors (Lipinski definition) is 6. The van der Waals surface area contributed by atoms with E-state index < -0.39 is 20.2 Å². The van der Waals surface area contributed by atoms with E-state index in [2.05, 4.69) is 4.98 Å². The second-order valence-electron chi connectivity index (χ2n) is 10.7. The molecule has 1 N–H and O–H groups in total. The van der Waals surface area contributed by atoms with Gasteiger partial charge in [-0.25, -0.2) is 13.4 Å². The fourth-order valence-electron chi connectivity index (χ4n) is 4.38. The maximum absolute atomic E-state index is 12.7. The van der Waals surface area contributed by atoms with Crippen LogP contribution in [0.1, 0.15) is 38.3 Å². The molecule has 39 heavy (non-hydrogen) atoms. The van der Waals surface area contributed by atoms with Crippen molar-refractivity contribution in [1.29, 1.82) is 0 Å². The van der Waals surface area contributed by atoms with Gasteiger partial charge < -0.3 is 5.11 Å². The third-order valence-corrected chi connectivity index (χ3v) is 10.8. The SMILES string of the molecule is CC(C)(O)c1nc(-c2cccc(-c3cc(C(C)(C)S(C)(=O)=O)cc4cccnc34)c2)c(-c2ccc(Cl)cc2)s1. The van der Waals surface area contributed by atoms with E-state index in [4.69, 9.17) is 16.6 Å². The van der Waals surface area contributed by atoms with Gasteiger partial charge in [0.1, 0.15) is 10.6 Å². The van der Waals surface area contributed by atoms with Gasteiger partial charge in [0, 0.05) is 34.0 Å². The number of thiazole rings is 1. The summed E-state index contributed by atoms with van der Waals surface area (Å²) in [5.74, 6) is 0. The van der Waals surface area contributed by atoms with Crippen molar-refractivity contribution in [2.24, 2.45) is 0 Å². The molecule has 3 aromatic carbocycles. The second-order valence-corrected chi connectivity index (χ2v) is 14.7. The van der Waals surface area contributed by atoms with Crippen LogP contribution in [0.15, 0.2) is 79.0 Å². The zero-order chi connectivity index (χ0) is 28.2. The number of hydrogen-bond donors (Lipinski definition) is 1. The first-order chi connectivity index (χ1) is 18.3. The lowest BCUT2D eigenvalue weighted by atomic mass is 9.92. The molecule has 2 heterocycles. The van der Waals surface area contributed by atoms with Crippen LogP contribution in [0.5, 0.6) is 0 Å². The van der Waals surface area contributed by atoms with Gasteiger partial charge in [0.05, 0.1) is 20.8 Å². The first kappa shape index (κ1) is 27.5. The van der Waals surface area contributed by atoms with E-state index in [0.29, 0.717) is 15.6 Å². The van der Waals surface area contributed by atoms with Gasteiger partial charge in [-0.05, 0) is 80.8 Å². The summed E-state index contributed by atoms with van der Waals surface area (Å²) in [5, 5.41) is 12.9. The Balaban J connectivity index is 1.73. The molecule has 2 aromatic heterocycles. The molecule has 5 rings (SSSR count). The maximum Gasteiger partial charge on any atom is 0.156 e. The number of fused-ring (bicyclic) bond motifs is 1. The van der Waals surface area contributed by atoms with Gasteiger partial charge in [-0.1, -0.05) is 48.0 Å². The molecule has 0 bridgehead atoms. The number of nitrogens with zero attached hydrogens (tertiary/aromatic N) is 2. The third kappa shape index (κ3) is 5.24. The number of pyridine rings is 1. The molecular formula is C31H29ClN2O3S2. The highest BCUT2D eigenvalue weighted by Crippen LogP contribution is 2.42. The van der Waals surface area contributed by atoms with Crippen LogP contribution in [-0.2, 0) is 20.2 Å². The van der Waals surface area contributed by atoms with Crippen LogP contribution < -0.4 is 0 Å². The lowest BCUT2D eigenvalue weighted by Gasteiger charge is -2.24. The number of halogens is 1. The molecule has 0 saturated carbocycles. The molecule has 0 saturated heterocycles. The zero-order valence-corrected chi connectivity index (χ0v) is 24.7. The largest absolute Gasteiger partial charge is 0.383 e. The molecule has 0 radical (unpaired) electrons. The molecule has 5 nitrogen and oxygen atoms in total. The Morgan fingerprint density at radius 1 is 0.872 bits per heavy atom. The van der Waals surface area contributed by atoms with E-state index in [1.165, 1.54) is 17.6 Å². The minimum atomic E-state index is -3.39. The van der Waals surface area contributed by atoms with Crippen LogP contribution in [0.2, 0.25) is 5.02 Å². The molecule has 0 aliphatic carbocycles. The van der Waals surface area contributed by atoms with Crippen LogP contribution in [-0.4, -0.2) is 29.7 Å². The Hall–Kier alpha value is -3.10. The molecule has 0 aliphatic heterocycles. The first-order valence-corrected chi connectivity index (χ1v) is 15.5. The van der Waals surface area contributed by atoms with Gasteiger partial charge in [0.2, 0.25) is 0 Å². The Kier molecular flexibility index (Phi) is 6.92. The number of sulfone groups is 1. The third-order valence-electron chi connectivity index (χ3n) is 7.03. The van der Waals surface area contributed by atoms with Gasteiger partial charge in [-0.3, -0.25) is 4.98 Å². The zero-order valence-electron chi connectivity index (χ0n) is 22.4. The number of benzene rings is 3. The van der Waals surface area contributed by atoms with Crippen LogP contribution in [0, 0.1) is 0 Å². The highest BCUT2D eigenvalue weighted by Gasteiger charge is 2.33. The molecule has 0 amide bonds. The minimum Gasteiger partial charge on any atom is -0.383 e. The van der Waals surface area contributed by atoms with Crippen LogP contribution in [0.4, 0.5) is 0 Å². The Morgan fingerprint density at radius 2 is 1.56 bits per heavy atom. The summed E-state index contributed by atoms with van der Waals surface area (Å²) in [6.45, 7) is 6.91. The molecule has 200 valence electrons. The Labute approximate surface area is 238 Å². The first-order valence-electron chi connectivity index (χ1n) is 12.4. The summed E-state index contributed by atoms with van der Waals surface area (Å²) in [7, 11) is -3.39. The number of rotatable bonds is 6. The summed E-state index contributed by atoms with van der Waals surface area (Å²) in [4.78, 5) is 10.5. The van der Waals surface area contributed by atoms with E-state index in [9.17, 15) is 13.5 Å². The van der Waals surface area contributed by atoms with Crippen molar-refractivity contribution < 1.29 is 13.5 Å². The summed E-state index contributed by atoms with van der Waals surface area (Å²) in [6.07, 6.45) is 3.01. The van der Waals surface area contributed by atoms with Crippen LogP contribution >= 0.6 is 22.9 Å². The van der Waals surface area contributed by atoms with Crippen molar-refractivity contribution in [2.45, 2.75) is 38.0 Å². The van der Waals surface area contributed by atoms with Crippen LogP contribution in [0.3, 0.4) is 0 Å². The van der Waals surface area contributed by atoms with E-state index in [-0.39, 0.29) is 0 Å². The fraction of sp³-hybridized carbons (Fsp3) is 0.226. The highest BCUT2D eigenvalue weighted by molar-refractivity contribution is 7.91. The molecule has 0 aliphatic rings. The van der Waals surface area contributed by atoms with E-state index in [0.717, 1.165) is 43.7 Å². The maximum atomic E-state index is 12.7. The minimum absolute atomic E-state index is 0.608. The van der Waals surface area contributed by atoms with E-state index >= 15 is 0 Å². The molecule has 0 fully saturated rings. The predicted octanol–water partition coefficient (Wildman–Crippen LogP) is 7.85. The normalized spacial score (nSPS) is 12.7. The van der Waals surface area contributed by atoms with Crippen molar-refractivity contribution in [3.63, 3.8) is 0 Å². The van der Waals surface area contributed by atoms with Crippen molar-refractivity contribution >= 4 is 43.7 Å². The van der Waals surface area contributed by atoms with Crippen LogP contribution in [0.25, 0.3) is 43.7 Å². The van der Waals surface area contributed by atoms with Crippen molar-refractivity contribution in [3.05, 3.63) is 94.6 Å². The average molecular weight is 577 g/mol. The summed E-state index contributed by atoms with van der Waals surface area (Å²) >= 11 is 7.60. The van der Waals surface area contributed by atoms with Crippen molar-refractivity contribution in [3.8, 4) is 32.8 Å². The Morgan fingerprint density at radius 3 is 2.23 bits per heavy atom. The summed E-state index contributed by atoms with van der Waals surface area (Å²) < 4.78 is 24.3. The van der Waals surface area contributed by atoms with Gasteiger partial charge in [-0.15, -0.1) is 11.3 Å². The van der Waals surface area contributed by atoms with Gasteiger partial charge >= 0.3 is 0 Å². The lowest BCUT2D eigenvalue weighted by Crippen LogP contribution is -2.28. The Bertz CT molecular complexity index is 1800. The van der Waals surface area contributed by atoms with E-state index in [1.54, 1.807) is 33.9 Å². The average Bonchev–Trinajstić information content (AvgIpc) is 3.34. The topological polar surface area (TPSA) is 80.2 Å². The molecule has 5 aromatic rings.